The number of carboxylic acid groups (broad SMARTS) is 1. The van der Waals surface area contributed by atoms with Crippen LogP contribution in [0.2, 0.25) is 1.41 Å². The topological polar surface area (TPSA) is 367 Å². The molecular formula is C64H83F2N11O16S. The number of carbonyl (C=O) groups excluding carboxylic acids is 10. The van der Waals surface area contributed by atoms with Crippen LogP contribution in [0.4, 0.5) is 8.78 Å². The molecule has 1 aliphatic heterocycles. The Balaban J connectivity index is 1.17. The molecule has 27 nitrogen and oxygen atoms in total. The average Bonchev–Trinajstić information content (AvgIpc) is 1.67. The van der Waals surface area contributed by atoms with Crippen LogP contribution in [0.5, 0.6) is 0 Å². The van der Waals surface area contributed by atoms with Crippen molar-refractivity contribution in [2.75, 3.05) is 90.5 Å². The van der Waals surface area contributed by atoms with Crippen molar-refractivity contribution in [3.63, 3.8) is 0 Å². The first-order valence-corrected chi connectivity index (χ1v) is 31.5. The molecule has 10 amide bonds. The number of benzene rings is 2. The number of carbonyl (C=O) groups is 11. The summed E-state index contributed by atoms with van der Waals surface area (Å²) < 4.78 is 62.2. The van der Waals surface area contributed by atoms with Gasteiger partial charge in [-0.15, -0.1) is 11.8 Å². The lowest BCUT2D eigenvalue weighted by Gasteiger charge is -2.41. The molecule has 5 atom stereocenters. The molecule has 5 rings (SSSR count). The van der Waals surface area contributed by atoms with Gasteiger partial charge >= 0.3 is 5.97 Å². The Morgan fingerprint density at radius 3 is 1.98 bits per heavy atom. The molecule has 94 heavy (non-hydrogen) atoms. The van der Waals surface area contributed by atoms with Gasteiger partial charge in [0.25, 0.3) is 11.8 Å². The van der Waals surface area contributed by atoms with Crippen molar-refractivity contribution in [3.8, 4) is 11.1 Å². The van der Waals surface area contributed by atoms with Crippen molar-refractivity contribution in [1.82, 2.24) is 51.2 Å². The molecule has 2 aromatic heterocycles. The number of imide groups is 1. The van der Waals surface area contributed by atoms with E-state index in [0.29, 0.717) is 22.1 Å². The lowest BCUT2D eigenvalue weighted by Crippen LogP contribution is -2.56. The number of carboxylic acids is 1. The van der Waals surface area contributed by atoms with E-state index in [1.807, 2.05) is 55.7 Å². The number of thioether (sulfide) groups is 1. The Bertz CT molecular complexity index is 3290. The second-order valence-corrected chi connectivity index (χ2v) is 23.7. The van der Waals surface area contributed by atoms with E-state index in [4.69, 9.17) is 26.1 Å². The van der Waals surface area contributed by atoms with Gasteiger partial charge in [-0.1, -0.05) is 51.1 Å². The molecule has 2 aromatic carbocycles. The minimum Gasteiger partial charge on any atom is -0.480 e. The Morgan fingerprint density at radius 1 is 0.723 bits per heavy atom. The van der Waals surface area contributed by atoms with Gasteiger partial charge in [0.05, 0.1) is 77.5 Å². The highest BCUT2D eigenvalue weighted by molar-refractivity contribution is 8.00. The largest absolute Gasteiger partial charge is 0.480 e. The summed E-state index contributed by atoms with van der Waals surface area (Å²) in [7, 11) is 0. The number of ether oxygens (including phenoxy) is 4. The summed E-state index contributed by atoms with van der Waals surface area (Å²) in [5.74, 6) is -10.3. The number of pyridine rings is 1. The highest BCUT2D eigenvalue weighted by atomic mass is 32.2. The molecule has 4 aromatic rings. The fourth-order valence-corrected chi connectivity index (χ4v) is 10.4. The third-order valence-corrected chi connectivity index (χ3v) is 15.1. The average molecular weight is 1330 g/mol. The van der Waals surface area contributed by atoms with Crippen LogP contribution in [-0.4, -0.2) is 204 Å². The van der Waals surface area contributed by atoms with E-state index < -0.39 is 119 Å². The maximum absolute atomic E-state index is 15.6. The zero-order chi connectivity index (χ0) is 69.6. The molecule has 9 N–H and O–H groups in total. The Hall–Kier alpha value is -8.97. The first-order valence-electron chi connectivity index (χ1n) is 30.7. The number of nitrogens with one attached hydrogen (secondary N) is 6. The highest BCUT2D eigenvalue weighted by Crippen LogP contribution is 2.41. The summed E-state index contributed by atoms with van der Waals surface area (Å²) in [5.41, 5.74) is 6.85. The van der Waals surface area contributed by atoms with Gasteiger partial charge in [-0.25, -0.2) is 13.6 Å². The van der Waals surface area contributed by atoms with Crippen molar-refractivity contribution >= 4 is 76.8 Å². The summed E-state index contributed by atoms with van der Waals surface area (Å²) in [6.45, 7) is 9.30. The maximum atomic E-state index is 15.6. The van der Waals surface area contributed by atoms with Crippen LogP contribution in [0.25, 0.3) is 11.1 Å². The summed E-state index contributed by atoms with van der Waals surface area (Å²) >= 11 is 0.935. The lowest BCUT2D eigenvalue weighted by atomic mass is 9.83. The van der Waals surface area contributed by atoms with E-state index in [9.17, 15) is 62.2 Å². The molecule has 30 heteroatoms. The second-order valence-electron chi connectivity index (χ2n) is 22.7. The number of halogens is 2. The van der Waals surface area contributed by atoms with Crippen molar-refractivity contribution in [2.45, 2.75) is 97.1 Å². The first kappa shape index (κ1) is 74.1. The van der Waals surface area contributed by atoms with Crippen LogP contribution < -0.4 is 37.6 Å². The minimum absolute atomic E-state index is 0.0374. The van der Waals surface area contributed by atoms with Gasteiger partial charge in [0.15, 0.2) is 1.41 Å². The van der Waals surface area contributed by atoms with Crippen LogP contribution in [0, 0.1) is 17.0 Å². The van der Waals surface area contributed by atoms with Crippen molar-refractivity contribution in [3.05, 3.63) is 126 Å². The summed E-state index contributed by atoms with van der Waals surface area (Å²) in [4.78, 5) is 147. The number of amides is 10. The molecule has 0 saturated carbocycles. The number of hydrogen-bond acceptors (Lipinski definition) is 17. The van der Waals surface area contributed by atoms with E-state index in [2.05, 4.69) is 31.6 Å². The van der Waals surface area contributed by atoms with Gasteiger partial charge in [0.1, 0.15) is 42.3 Å². The van der Waals surface area contributed by atoms with E-state index in [0.717, 1.165) is 52.6 Å². The van der Waals surface area contributed by atoms with Gasteiger partial charge < -0.3 is 71.1 Å². The fourth-order valence-electron chi connectivity index (χ4n) is 9.46. The fraction of sp³-hybridized carbons (Fsp3) is 0.469. The smallest absolute Gasteiger partial charge is 0.327 e. The Morgan fingerprint density at radius 2 is 1.35 bits per heavy atom. The van der Waals surface area contributed by atoms with Gasteiger partial charge in [0.2, 0.25) is 47.3 Å². The number of nitrogens with two attached hydrogens (primary N) is 1. The lowest BCUT2D eigenvalue weighted by molar-refractivity contribution is -0.141. The highest BCUT2D eigenvalue weighted by Gasteiger charge is 2.38. The number of aliphatic carboxylic acids is 1. The molecule has 0 spiro atoms. The molecule has 0 saturated heterocycles. The molecular weight excluding hydrogens is 1250 g/mol. The quantitative estimate of drug-likeness (QED) is 0.0231. The zero-order valence-corrected chi connectivity index (χ0v) is 53.9. The molecule has 0 fully saturated rings. The number of nitrogens with zero attached hydrogens (tertiary/aromatic N) is 4. The summed E-state index contributed by atoms with van der Waals surface area (Å²) in [6.07, 6.45) is 5.78. The molecule has 0 unspecified atom stereocenters. The summed E-state index contributed by atoms with van der Waals surface area (Å²) in [6, 6.07) is 10.7. The van der Waals surface area contributed by atoms with Gasteiger partial charge in [0, 0.05) is 85.9 Å². The summed E-state index contributed by atoms with van der Waals surface area (Å²) in [5, 5.41) is 23.2. The van der Waals surface area contributed by atoms with Crippen molar-refractivity contribution < 1.29 is 87.0 Å². The third-order valence-electron chi connectivity index (χ3n) is 14.1. The van der Waals surface area contributed by atoms with E-state index in [-0.39, 0.29) is 122 Å². The number of rotatable bonds is 42. The molecule has 0 bridgehead atoms. The number of hydrogen-bond donors (Lipinski definition) is 8. The SMILES string of the molecule is [2H]N(C(=O)Cc1ccncc1)[C@@H](C)C(=O)N[C@@H](C)C(=O)N[C@@H](CC(N)=O)C(=O)NCCCN(C(=O)CSC[C@H](NC(=O)CCOCCOCCOCCOCCNC(=O)CN1C(=O)C=CC1=O)C(=O)O)[C@@H](c1cc(-c2cc(F)ccc2F)cn1Cc1ccccc1)C(C)(C)C. The number of aromatic nitrogens is 2. The first-order chi connectivity index (χ1) is 45.2. The van der Waals surface area contributed by atoms with Gasteiger partial charge in [-0.2, -0.15) is 0 Å². The Kier molecular flexibility index (Phi) is 30.7. The van der Waals surface area contributed by atoms with Crippen LogP contribution in [0.3, 0.4) is 0 Å². The second kappa shape index (κ2) is 38.9. The van der Waals surface area contributed by atoms with E-state index in [1.54, 1.807) is 29.3 Å². The molecule has 1 aliphatic rings. The molecule has 0 aliphatic carbocycles. The van der Waals surface area contributed by atoms with Gasteiger partial charge in [-0.05, 0) is 73.2 Å². The standard InChI is InChI=1S/C64H83F2N11O16S/c1-41(71-54(80)32-43-16-20-68-21-17-43)60(85)72-42(2)61(86)74-49(35-52(67)78)62(87)70-19-9-23-76(59(64(3,4)5)51-33-45(47-34-46(65)12-13-48(47)66)37-75(51)36-44-10-7-6-8-11-44)58(84)40-94-39-50(63(88)89)73-53(79)18-24-90-26-28-92-30-31-93-29-27-91-25-22-69-55(81)38-77-56(82)14-15-57(77)83/h6-8,10-17,20-21,33-34,37,41-42,49-50,59H,9,18-19,22-32,35-36,38-40H2,1-5H3,(H2,67,78)(H,69,81)(H,70,87)(H,71,80)(H,72,85)(H,73,79)(H,74,86)(H,88,89)/t41-,42-,49-,50-,59-/m0/s1/i/hD. The number of primary amides is 1. The monoisotopic (exact) mass is 1330 g/mol. The van der Waals surface area contributed by atoms with Crippen molar-refractivity contribution in [2.24, 2.45) is 11.1 Å². The predicted octanol–water partition coefficient (Wildman–Crippen LogP) is 1.71. The molecule has 510 valence electrons. The van der Waals surface area contributed by atoms with Crippen LogP contribution in [0.1, 0.15) is 76.7 Å². The third kappa shape index (κ3) is 26.2. The van der Waals surface area contributed by atoms with Crippen LogP contribution in [-0.2, 0) is 84.7 Å². The van der Waals surface area contributed by atoms with E-state index >= 15 is 4.39 Å². The normalized spacial score (nSPS) is 13.8. The zero-order valence-electron chi connectivity index (χ0n) is 54.1. The molecule has 0 radical (unpaired) electrons. The minimum atomic E-state index is -1.54. The van der Waals surface area contributed by atoms with E-state index in [1.165, 1.54) is 26.2 Å². The van der Waals surface area contributed by atoms with Crippen LogP contribution >= 0.6 is 11.8 Å². The van der Waals surface area contributed by atoms with Gasteiger partial charge in [-0.3, -0.25) is 57.8 Å². The van der Waals surface area contributed by atoms with Crippen molar-refractivity contribution in [1.29, 1.82) is 0 Å². The molecule has 3 heterocycles. The Labute approximate surface area is 548 Å². The van der Waals surface area contributed by atoms with Crippen LogP contribution in [0.15, 0.2) is 97.5 Å². The maximum Gasteiger partial charge on any atom is 0.327 e. The predicted molar refractivity (Wildman–Crippen MR) is 339 cm³/mol.